The first-order valence-corrected chi connectivity index (χ1v) is 7.94. The van der Waals surface area contributed by atoms with Gasteiger partial charge >= 0.3 is 0 Å². The number of nitrogens with two attached hydrogens (primary N) is 1. The first kappa shape index (κ1) is 17.2. The lowest BCUT2D eigenvalue weighted by Gasteiger charge is -2.11. The molecule has 0 saturated heterocycles. The molecule has 0 bridgehead atoms. The molecule has 0 spiro atoms. The number of nitrogens with zero attached hydrogens (tertiary/aromatic N) is 4. The Labute approximate surface area is 148 Å². The Hall–Kier alpha value is -2.68. The molecule has 0 fully saturated rings. The Kier molecular flexibility index (Phi) is 4.84. The number of nitrogens with one attached hydrogen (secondary N) is 1. The number of hydrogen-bond acceptors (Lipinski definition) is 4. The zero-order valence-electron chi connectivity index (χ0n) is 13.4. The molecule has 3 heterocycles. The molecular weight excluding hydrogens is 346 g/mol. The number of rotatable bonds is 3. The van der Waals surface area contributed by atoms with Crippen LogP contribution in [0.5, 0.6) is 0 Å². The van der Waals surface area contributed by atoms with E-state index in [-0.39, 0.29) is 16.5 Å². The maximum atomic E-state index is 12.5. The first-order valence-electron chi connectivity index (χ1n) is 7.53. The minimum atomic E-state index is -2.56. The molecule has 2 aromatic rings. The number of anilines is 2. The van der Waals surface area contributed by atoms with Crippen molar-refractivity contribution in [1.82, 2.24) is 9.97 Å². The van der Waals surface area contributed by atoms with Crippen LogP contribution in [0.15, 0.2) is 35.6 Å². The van der Waals surface area contributed by atoms with Crippen molar-refractivity contribution in [3.63, 3.8) is 0 Å². The summed E-state index contributed by atoms with van der Waals surface area (Å²) in [5, 5.41) is 2.82. The molecule has 2 aromatic heterocycles. The number of aliphatic imine (C=N–C) groups is 1. The van der Waals surface area contributed by atoms with Gasteiger partial charge in [0, 0.05) is 25.4 Å². The topological polar surface area (TPSA) is 79.4 Å². The van der Waals surface area contributed by atoms with Crippen LogP contribution >= 0.6 is 12.2 Å². The number of pyridine rings is 2. The summed E-state index contributed by atoms with van der Waals surface area (Å²) in [7, 11) is 2.01. The number of hydrogen-bond donors (Lipinski definition) is 2. The van der Waals surface area contributed by atoms with E-state index in [0.29, 0.717) is 11.5 Å². The van der Waals surface area contributed by atoms with Gasteiger partial charge in [0.05, 0.1) is 11.9 Å². The molecule has 0 aromatic carbocycles. The SMILES string of the molecule is CN1CCc2cc(C(N)=NC(=S)Nc3ccc(C(F)F)cn3)ncc21. The standard InChI is InChI=1S/C16H16F2N6S/c1-24-5-4-9-6-11(20-8-12(9)24)15(19)23-16(25)22-13-3-2-10(7-21-13)14(17)18/h2-3,6-8,14H,4-5H2,1H3,(H3,19,21,22,23,25). The van der Waals surface area contributed by atoms with E-state index in [1.807, 2.05) is 13.1 Å². The van der Waals surface area contributed by atoms with Crippen molar-refractivity contribution in [2.45, 2.75) is 12.8 Å². The van der Waals surface area contributed by atoms with Crippen molar-refractivity contribution in [1.29, 1.82) is 0 Å². The van der Waals surface area contributed by atoms with Gasteiger partial charge in [0.2, 0.25) is 0 Å². The van der Waals surface area contributed by atoms with E-state index in [0.717, 1.165) is 30.4 Å². The van der Waals surface area contributed by atoms with E-state index in [9.17, 15) is 8.78 Å². The van der Waals surface area contributed by atoms with Gasteiger partial charge in [-0.3, -0.25) is 4.98 Å². The number of aromatic nitrogens is 2. The highest BCUT2D eigenvalue weighted by Crippen LogP contribution is 2.25. The van der Waals surface area contributed by atoms with Crippen molar-refractivity contribution in [3.05, 3.63) is 47.4 Å². The first-order chi connectivity index (χ1) is 11.9. The highest BCUT2D eigenvalue weighted by atomic mass is 32.1. The largest absolute Gasteiger partial charge is 0.382 e. The molecule has 25 heavy (non-hydrogen) atoms. The summed E-state index contributed by atoms with van der Waals surface area (Å²) in [6.07, 6.45) is 1.22. The van der Waals surface area contributed by atoms with Gasteiger partial charge in [-0.05, 0) is 42.4 Å². The summed E-state index contributed by atoms with van der Waals surface area (Å²) in [5.74, 6) is 0.494. The molecule has 0 radical (unpaired) electrons. The summed E-state index contributed by atoms with van der Waals surface area (Å²) in [5.41, 5.74) is 8.59. The molecule has 0 atom stereocenters. The molecule has 3 N–H and O–H groups in total. The fraction of sp³-hybridized carbons (Fsp3) is 0.250. The molecule has 1 aliphatic heterocycles. The summed E-state index contributed by atoms with van der Waals surface area (Å²) in [4.78, 5) is 14.4. The quantitative estimate of drug-likeness (QED) is 0.496. The second-order valence-electron chi connectivity index (χ2n) is 5.57. The maximum absolute atomic E-state index is 12.5. The van der Waals surface area contributed by atoms with Gasteiger partial charge in [0.15, 0.2) is 10.9 Å². The molecule has 6 nitrogen and oxygen atoms in total. The minimum Gasteiger partial charge on any atom is -0.382 e. The molecular formula is C16H16F2N6S. The maximum Gasteiger partial charge on any atom is 0.265 e. The van der Waals surface area contributed by atoms with Crippen LogP contribution in [-0.4, -0.2) is 34.5 Å². The lowest BCUT2D eigenvalue weighted by molar-refractivity contribution is 0.151. The van der Waals surface area contributed by atoms with Crippen molar-refractivity contribution < 1.29 is 8.78 Å². The van der Waals surface area contributed by atoms with E-state index in [4.69, 9.17) is 18.0 Å². The Morgan fingerprint density at radius 2 is 2.16 bits per heavy atom. The highest BCUT2D eigenvalue weighted by molar-refractivity contribution is 7.80. The summed E-state index contributed by atoms with van der Waals surface area (Å²) >= 11 is 5.11. The molecule has 0 aliphatic carbocycles. The van der Waals surface area contributed by atoms with Gasteiger partial charge in [0.25, 0.3) is 6.43 Å². The molecule has 0 amide bonds. The Bertz CT molecular complexity index is 822. The van der Waals surface area contributed by atoms with Gasteiger partial charge < -0.3 is 16.0 Å². The monoisotopic (exact) mass is 362 g/mol. The van der Waals surface area contributed by atoms with E-state index in [1.165, 1.54) is 12.1 Å². The molecule has 130 valence electrons. The number of thiocarbonyl (C=S) groups is 1. The van der Waals surface area contributed by atoms with Gasteiger partial charge in [-0.15, -0.1) is 0 Å². The summed E-state index contributed by atoms with van der Waals surface area (Å²) in [6, 6.07) is 4.58. The van der Waals surface area contributed by atoms with Crippen LogP contribution in [0.4, 0.5) is 20.3 Å². The average Bonchev–Trinajstić information content (AvgIpc) is 2.96. The van der Waals surface area contributed by atoms with Crippen LogP contribution in [-0.2, 0) is 6.42 Å². The molecule has 0 unspecified atom stereocenters. The third kappa shape index (κ3) is 3.87. The fourth-order valence-electron chi connectivity index (χ4n) is 2.49. The Morgan fingerprint density at radius 1 is 1.36 bits per heavy atom. The normalized spacial score (nSPS) is 13.9. The van der Waals surface area contributed by atoms with Gasteiger partial charge in [-0.25, -0.2) is 18.8 Å². The van der Waals surface area contributed by atoms with Crippen LogP contribution in [0.3, 0.4) is 0 Å². The molecule has 0 saturated carbocycles. The van der Waals surface area contributed by atoms with Crippen LogP contribution in [0.25, 0.3) is 0 Å². The Morgan fingerprint density at radius 3 is 2.84 bits per heavy atom. The van der Waals surface area contributed by atoms with Crippen LogP contribution in [0.1, 0.15) is 23.2 Å². The van der Waals surface area contributed by atoms with Crippen LogP contribution in [0.2, 0.25) is 0 Å². The lowest BCUT2D eigenvalue weighted by atomic mass is 10.2. The van der Waals surface area contributed by atoms with Crippen molar-refractivity contribution in [2.24, 2.45) is 10.7 Å². The number of halogens is 2. The zero-order valence-corrected chi connectivity index (χ0v) is 14.2. The molecule has 3 rings (SSSR count). The smallest absolute Gasteiger partial charge is 0.265 e. The van der Waals surface area contributed by atoms with E-state index in [1.54, 1.807) is 6.20 Å². The third-order valence-electron chi connectivity index (χ3n) is 3.85. The summed E-state index contributed by atoms with van der Waals surface area (Å²) < 4.78 is 25.0. The zero-order chi connectivity index (χ0) is 18.0. The third-order valence-corrected chi connectivity index (χ3v) is 4.04. The lowest BCUT2D eigenvalue weighted by Crippen LogP contribution is -2.20. The summed E-state index contributed by atoms with van der Waals surface area (Å²) in [6.45, 7) is 0.942. The fourth-order valence-corrected chi connectivity index (χ4v) is 2.70. The van der Waals surface area contributed by atoms with Gasteiger partial charge in [-0.2, -0.15) is 0 Å². The van der Waals surface area contributed by atoms with Crippen LogP contribution in [0, 0.1) is 0 Å². The van der Waals surface area contributed by atoms with Crippen molar-refractivity contribution >= 4 is 34.7 Å². The highest BCUT2D eigenvalue weighted by Gasteiger charge is 2.17. The average molecular weight is 362 g/mol. The second kappa shape index (κ2) is 7.06. The van der Waals surface area contributed by atoms with E-state index in [2.05, 4.69) is 25.2 Å². The molecule has 1 aliphatic rings. The number of likely N-dealkylation sites (N-methyl/N-ethyl adjacent to an activating group) is 1. The van der Waals surface area contributed by atoms with Crippen LogP contribution < -0.4 is 16.0 Å². The van der Waals surface area contributed by atoms with E-state index < -0.39 is 6.43 Å². The predicted octanol–water partition coefficient (Wildman–Crippen LogP) is 2.51. The van der Waals surface area contributed by atoms with Gasteiger partial charge in [-0.1, -0.05) is 0 Å². The van der Waals surface area contributed by atoms with E-state index >= 15 is 0 Å². The number of amidine groups is 1. The number of fused-ring (bicyclic) bond motifs is 1. The predicted molar refractivity (Wildman–Crippen MR) is 97.4 cm³/mol. The second-order valence-corrected chi connectivity index (χ2v) is 5.96. The molecule has 9 heteroatoms. The Balaban J connectivity index is 1.70. The minimum absolute atomic E-state index is 0.0780. The van der Waals surface area contributed by atoms with Crippen molar-refractivity contribution in [3.8, 4) is 0 Å². The van der Waals surface area contributed by atoms with Crippen molar-refractivity contribution in [2.75, 3.05) is 23.8 Å². The van der Waals surface area contributed by atoms with Gasteiger partial charge in [0.1, 0.15) is 11.5 Å². The number of alkyl halides is 2.